The van der Waals surface area contributed by atoms with E-state index in [9.17, 15) is 0 Å². The van der Waals surface area contributed by atoms with Gasteiger partial charge in [-0.2, -0.15) is 16.7 Å². The lowest BCUT2D eigenvalue weighted by molar-refractivity contribution is 0.314. The number of hydrogen-bond donors (Lipinski definition) is 2. The molecule has 0 aliphatic carbocycles. The van der Waals surface area contributed by atoms with Gasteiger partial charge in [0, 0.05) is 44.7 Å². The predicted octanol–water partition coefficient (Wildman–Crippen LogP) is 1.63. The summed E-state index contributed by atoms with van der Waals surface area (Å²) in [6.45, 7) is 4.22. The zero-order chi connectivity index (χ0) is 12.8. The van der Waals surface area contributed by atoms with E-state index in [1.165, 1.54) is 24.6 Å². The predicted molar refractivity (Wildman–Crippen MR) is 78.8 cm³/mol. The Labute approximate surface area is 117 Å². The maximum atomic E-state index is 6.04. The van der Waals surface area contributed by atoms with Gasteiger partial charge in [0.05, 0.1) is 6.20 Å². The van der Waals surface area contributed by atoms with E-state index in [0.717, 1.165) is 13.1 Å². The van der Waals surface area contributed by atoms with Gasteiger partial charge in [-0.3, -0.25) is 4.90 Å². The van der Waals surface area contributed by atoms with Crippen molar-refractivity contribution in [3.8, 4) is 0 Å². The number of anilines is 2. The zero-order valence-electron chi connectivity index (χ0n) is 10.4. The van der Waals surface area contributed by atoms with Crippen molar-refractivity contribution in [3.05, 3.63) is 11.2 Å². The third-order valence-corrected chi connectivity index (χ3v) is 4.01. The van der Waals surface area contributed by atoms with Crippen molar-refractivity contribution in [1.82, 2.24) is 14.9 Å². The molecule has 0 aromatic carbocycles. The molecule has 1 aliphatic rings. The van der Waals surface area contributed by atoms with Gasteiger partial charge in [0.25, 0.3) is 0 Å². The second kappa shape index (κ2) is 7.01. The molecule has 0 amide bonds. The first-order valence-corrected chi connectivity index (χ1v) is 7.57. The first-order chi connectivity index (χ1) is 8.79. The van der Waals surface area contributed by atoms with Crippen LogP contribution < -0.4 is 10.6 Å². The molecule has 0 unspecified atom stereocenters. The molecular weight excluding hydrogens is 270 g/mol. The van der Waals surface area contributed by atoms with Crippen LogP contribution in [-0.4, -0.2) is 59.6 Å². The summed E-state index contributed by atoms with van der Waals surface area (Å²) >= 11 is 8.07. The quantitative estimate of drug-likeness (QED) is 0.859. The Hall–Kier alpha value is -0.720. The molecular formula is C11H18ClN5S. The molecule has 0 atom stereocenters. The molecule has 1 aliphatic heterocycles. The molecule has 1 aromatic rings. The summed E-state index contributed by atoms with van der Waals surface area (Å²) in [5, 5.41) is 6.72. The van der Waals surface area contributed by atoms with Crippen molar-refractivity contribution in [2.24, 2.45) is 0 Å². The summed E-state index contributed by atoms with van der Waals surface area (Å²) in [5.41, 5.74) is 0. The van der Waals surface area contributed by atoms with E-state index in [-0.39, 0.29) is 0 Å². The minimum Gasteiger partial charge on any atom is -0.367 e. The average Bonchev–Trinajstić information content (AvgIpc) is 2.42. The monoisotopic (exact) mass is 287 g/mol. The van der Waals surface area contributed by atoms with E-state index in [2.05, 4.69) is 25.5 Å². The molecule has 5 nitrogen and oxygen atoms in total. The highest BCUT2D eigenvalue weighted by molar-refractivity contribution is 7.99. The van der Waals surface area contributed by atoms with Crippen LogP contribution in [0.15, 0.2) is 6.20 Å². The summed E-state index contributed by atoms with van der Waals surface area (Å²) < 4.78 is 0. The molecule has 0 saturated carbocycles. The highest BCUT2D eigenvalue weighted by Gasteiger charge is 2.10. The molecule has 1 fully saturated rings. The van der Waals surface area contributed by atoms with Gasteiger partial charge in [-0.15, -0.1) is 0 Å². The second-order valence-electron chi connectivity index (χ2n) is 4.02. The molecule has 1 saturated heterocycles. The summed E-state index contributed by atoms with van der Waals surface area (Å²) in [7, 11) is 1.79. The molecule has 1 aromatic heterocycles. The molecule has 2 N–H and O–H groups in total. The number of nitrogens with zero attached hydrogens (tertiary/aromatic N) is 3. The molecule has 0 spiro atoms. The fraction of sp³-hybridized carbons (Fsp3) is 0.636. The summed E-state index contributed by atoms with van der Waals surface area (Å²) in [4.78, 5) is 10.8. The Morgan fingerprint density at radius 3 is 2.94 bits per heavy atom. The second-order valence-corrected chi connectivity index (χ2v) is 5.65. The van der Waals surface area contributed by atoms with Gasteiger partial charge in [0.1, 0.15) is 5.02 Å². The van der Waals surface area contributed by atoms with Gasteiger partial charge in [-0.25, -0.2) is 4.98 Å². The lowest BCUT2D eigenvalue weighted by Crippen LogP contribution is -2.36. The first kappa shape index (κ1) is 13.7. The van der Waals surface area contributed by atoms with Crippen molar-refractivity contribution in [3.63, 3.8) is 0 Å². The van der Waals surface area contributed by atoms with Gasteiger partial charge in [-0.1, -0.05) is 11.6 Å². The largest absolute Gasteiger partial charge is 0.367 e. The number of hydrogen-bond acceptors (Lipinski definition) is 6. The summed E-state index contributed by atoms with van der Waals surface area (Å²) in [5.74, 6) is 3.75. The van der Waals surface area contributed by atoms with Crippen molar-refractivity contribution >= 4 is 35.1 Å². The number of aromatic nitrogens is 2. The molecule has 0 bridgehead atoms. The zero-order valence-corrected chi connectivity index (χ0v) is 12.0. The summed E-state index contributed by atoms with van der Waals surface area (Å²) in [6.07, 6.45) is 1.61. The minimum absolute atomic E-state index is 0.559. The van der Waals surface area contributed by atoms with Crippen LogP contribution in [0.25, 0.3) is 0 Å². The van der Waals surface area contributed by atoms with Crippen LogP contribution in [0.5, 0.6) is 0 Å². The molecule has 2 heterocycles. The molecule has 7 heteroatoms. The van der Waals surface area contributed by atoms with Crippen molar-refractivity contribution in [1.29, 1.82) is 0 Å². The topological polar surface area (TPSA) is 53.1 Å². The fourth-order valence-corrected chi connectivity index (χ4v) is 2.91. The minimum atomic E-state index is 0.559. The van der Waals surface area contributed by atoms with E-state index in [1.54, 1.807) is 13.2 Å². The molecule has 0 radical (unpaired) electrons. The lowest BCUT2D eigenvalue weighted by Gasteiger charge is -2.26. The van der Waals surface area contributed by atoms with E-state index in [0.29, 0.717) is 16.8 Å². The lowest BCUT2D eigenvalue weighted by atomic mass is 10.4. The Morgan fingerprint density at radius 1 is 1.44 bits per heavy atom. The third kappa shape index (κ3) is 3.90. The van der Waals surface area contributed by atoms with Crippen LogP contribution in [0, 0.1) is 0 Å². The Kier molecular flexibility index (Phi) is 5.34. The normalized spacial score (nSPS) is 16.6. The van der Waals surface area contributed by atoms with Gasteiger partial charge in [-0.05, 0) is 0 Å². The van der Waals surface area contributed by atoms with Gasteiger partial charge >= 0.3 is 0 Å². The smallest absolute Gasteiger partial charge is 0.224 e. The van der Waals surface area contributed by atoms with Crippen LogP contribution in [0.3, 0.4) is 0 Å². The Morgan fingerprint density at radius 2 is 2.22 bits per heavy atom. The maximum absolute atomic E-state index is 6.04. The molecule has 18 heavy (non-hydrogen) atoms. The highest BCUT2D eigenvalue weighted by atomic mass is 35.5. The SMILES string of the molecule is CNc1ncc(Cl)c(NCCN2CCSCC2)n1. The number of halogens is 1. The molecule has 2 rings (SSSR count). The van der Waals surface area contributed by atoms with Crippen LogP contribution in [0.2, 0.25) is 5.02 Å². The van der Waals surface area contributed by atoms with Crippen molar-refractivity contribution < 1.29 is 0 Å². The number of nitrogens with one attached hydrogen (secondary N) is 2. The van der Waals surface area contributed by atoms with E-state index in [4.69, 9.17) is 11.6 Å². The van der Waals surface area contributed by atoms with Crippen LogP contribution in [-0.2, 0) is 0 Å². The van der Waals surface area contributed by atoms with E-state index in [1.807, 2.05) is 11.8 Å². The number of rotatable bonds is 5. The average molecular weight is 288 g/mol. The van der Waals surface area contributed by atoms with Gasteiger partial charge in [0.15, 0.2) is 5.82 Å². The van der Waals surface area contributed by atoms with Crippen molar-refractivity contribution in [2.45, 2.75) is 0 Å². The maximum Gasteiger partial charge on any atom is 0.224 e. The highest BCUT2D eigenvalue weighted by Crippen LogP contribution is 2.18. The van der Waals surface area contributed by atoms with Crippen LogP contribution >= 0.6 is 23.4 Å². The van der Waals surface area contributed by atoms with E-state index >= 15 is 0 Å². The molecule has 100 valence electrons. The van der Waals surface area contributed by atoms with Crippen LogP contribution in [0.4, 0.5) is 11.8 Å². The Balaban J connectivity index is 1.81. The number of thioether (sulfide) groups is 1. The van der Waals surface area contributed by atoms with Gasteiger partial charge < -0.3 is 10.6 Å². The van der Waals surface area contributed by atoms with Gasteiger partial charge in [0.2, 0.25) is 5.95 Å². The Bertz CT molecular complexity index is 384. The summed E-state index contributed by atoms with van der Waals surface area (Å²) in [6, 6.07) is 0. The first-order valence-electron chi connectivity index (χ1n) is 6.04. The standard InChI is InChI=1S/C11H18ClN5S/c1-13-11-15-8-9(12)10(16-11)14-2-3-17-4-6-18-7-5-17/h8H,2-7H2,1H3,(H2,13,14,15,16). The third-order valence-electron chi connectivity index (χ3n) is 2.79. The van der Waals surface area contributed by atoms with Crippen LogP contribution in [0.1, 0.15) is 0 Å². The fourth-order valence-electron chi connectivity index (χ4n) is 1.77. The van der Waals surface area contributed by atoms with Crippen molar-refractivity contribution in [2.75, 3.05) is 55.4 Å². The van der Waals surface area contributed by atoms with E-state index < -0.39 is 0 Å².